The van der Waals surface area contributed by atoms with Gasteiger partial charge in [-0.2, -0.15) is 0 Å². The third-order valence-corrected chi connectivity index (χ3v) is 2.93. The van der Waals surface area contributed by atoms with Crippen molar-refractivity contribution in [1.82, 2.24) is 5.32 Å². The Hall–Kier alpha value is -1.55. The summed E-state index contributed by atoms with van der Waals surface area (Å²) in [5.41, 5.74) is 6.19. The number of nitrogens with one attached hydrogen (secondary N) is 1. The minimum Gasteiger partial charge on any atom is -0.484 e. The van der Waals surface area contributed by atoms with Gasteiger partial charge < -0.3 is 15.8 Å². The van der Waals surface area contributed by atoms with Gasteiger partial charge in [0.25, 0.3) is 5.91 Å². The van der Waals surface area contributed by atoms with Crippen LogP contribution in [0.15, 0.2) is 24.3 Å². The maximum absolute atomic E-state index is 10.6. The van der Waals surface area contributed by atoms with E-state index in [1.165, 1.54) is 5.56 Å². The van der Waals surface area contributed by atoms with Gasteiger partial charge in [-0.15, -0.1) is 0 Å². The first-order valence-corrected chi connectivity index (χ1v) is 6.22. The first kappa shape index (κ1) is 14.5. The fraction of sp³-hybridized carbons (Fsp3) is 0.500. The van der Waals surface area contributed by atoms with Crippen molar-refractivity contribution < 1.29 is 9.53 Å². The second-order valence-electron chi connectivity index (χ2n) is 4.81. The number of carbonyl (C=O) groups excluding carboxylic acids is 1. The van der Waals surface area contributed by atoms with Gasteiger partial charge in [-0.05, 0) is 30.5 Å². The molecule has 100 valence electrons. The standard InChI is InChI=1S/C14H22N2O2/c1-10(2)11(3)16-8-12-4-6-13(7-5-12)18-9-14(15)17/h4-7,10-11,16H,8-9H2,1-3H3,(H2,15,17). The van der Waals surface area contributed by atoms with Crippen LogP contribution in [0.3, 0.4) is 0 Å². The summed E-state index contributed by atoms with van der Waals surface area (Å²) < 4.78 is 5.19. The lowest BCUT2D eigenvalue weighted by Gasteiger charge is -2.17. The average Bonchev–Trinajstić information content (AvgIpc) is 2.34. The van der Waals surface area contributed by atoms with Crippen LogP contribution in [0.4, 0.5) is 0 Å². The lowest BCUT2D eigenvalue weighted by molar-refractivity contribution is -0.119. The van der Waals surface area contributed by atoms with E-state index in [2.05, 4.69) is 26.1 Å². The van der Waals surface area contributed by atoms with Crippen LogP contribution in [0.1, 0.15) is 26.3 Å². The molecule has 0 heterocycles. The highest BCUT2D eigenvalue weighted by Crippen LogP contribution is 2.12. The number of carbonyl (C=O) groups is 1. The van der Waals surface area contributed by atoms with E-state index in [1.807, 2.05) is 24.3 Å². The van der Waals surface area contributed by atoms with Gasteiger partial charge in [0.2, 0.25) is 0 Å². The van der Waals surface area contributed by atoms with Crippen molar-refractivity contribution in [2.75, 3.05) is 6.61 Å². The molecule has 18 heavy (non-hydrogen) atoms. The van der Waals surface area contributed by atoms with Crippen LogP contribution < -0.4 is 15.8 Å². The molecule has 0 aliphatic carbocycles. The molecule has 3 N–H and O–H groups in total. The van der Waals surface area contributed by atoms with Crippen LogP contribution in [0.2, 0.25) is 0 Å². The van der Waals surface area contributed by atoms with Crippen molar-refractivity contribution in [2.24, 2.45) is 11.7 Å². The molecule has 4 heteroatoms. The molecule has 0 aliphatic rings. The Bertz CT molecular complexity index is 374. The molecule has 1 unspecified atom stereocenters. The number of hydrogen-bond donors (Lipinski definition) is 2. The third kappa shape index (κ3) is 5.19. The predicted octanol–water partition coefficient (Wildman–Crippen LogP) is 1.68. The van der Waals surface area contributed by atoms with Crippen LogP contribution in [-0.2, 0) is 11.3 Å². The first-order chi connectivity index (χ1) is 8.49. The summed E-state index contributed by atoms with van der Waals surface area (Å²) in [6.07, 6.45) is 0. The van der Waals surface area contributed by atoms with E-state index < -0.39 is 5.91 Å². The van der Waals surface area contributed by atoms with Gasteiger partial charge in [-0.25, -0.2) is 0 Å². The molecule has 0 aliphatic heterocycles. The largest absolute Gasteiger partial charge is 0.484 e. The summed E-state index contributed by atoms with van der Waals surface area (Å²) in [6.45, 7) is 7.31. The number of benzene rings is 1. The Morgan fingerprint density at radius 3 is 2.39 bits per heavy atom. The maximum atomic E-state index is 10.6. The summed E-state index contributed by atoms with van der Waals surface area (Å²) >= 11 is 0. The molecular formula is C14H22N2O2. The number of primary amides is 1. The predicted molar refractivity (Wildman–Crippen MR) is 72.3 cm³/mol. The van der Waals surface area contributed by atoms with Crippen LogP contribution in [0.5, 0.6) is 5.75 Å². The second kappa shape index (κ2) is 7.01. The summed E-state index contributed by atoms with van der Waals surface area (Å²) in [6, 6.07) is 8.14. The van der Waals surface area contributed by atoms with Crippen LogP contribution in [-0.4, -0.2) is 18.6 Å². The number of ether oxygens (including phenoxy) is 1. The van der Waals surface area contributed by atoms with Crippen LogP contribution in [0.25, 0.3) is 0 Å². The van der Waals surface area contributed by atoms with Crippen molar-refractivity contribution in [1.29, 1.82) is 0 Å². The summed E-state index contributed by atoms with van der Waals surface area (Å²) in [4.78, 5) is 10.6. The lowest BCUT2D eigenvalue weighted by atomic mass is 10.1. The number of rotatable bonds is 7. The zero-order valence-corrected chi connectivity index (χ0v) is 11.3. The highest BCUT2D eigenvalue weighted by atomic mass is 16.5. The van der Waals surface area contributed by atoms with E-state index in [4.69, 9.17) is 10.5 Å². The SMILES string of the molecule is CC(C)C(C)NCc1ccc(OCC(N)=O)cc1. The van der Waals surface area contributed by atoms with Crippen molar-refractivity contribution in [3.05, 3.63) is 29.8 Å². The third-order valence-electron chi connectivity index (χ3n) is 2.93. The highest BCUT2D eigenvalue weighted by Gasteiger charge is 2.05. The van der Waals surface area contributed by atoms with E-state index in [9.17, 15) is 4.79 Å². The molecule has 1 aromatic rings. The van der Waals surface area contributed by atoms with Crippen molar-refractivity contribution in [3.8, 4) is 5.75 Å². The zero-order valence-electron chi connectivity index (χ0n) is 11.3. The Balaban J connectivity index is 2.42. The summed E-state index contributed by atoms with van der Waals surface area (Å²) in [5, 5.41) is 3.45. The quantitative estimate of drug-likeness (QED) is 0.774. The molecule has 0 saturated carbocycles. The summed E-state index contributed by atoms with van der Waals surface area (Å²) in [7, 11) is 0. The van der Waals surface area contributed by atoms with E-state index in [0.717, 1.165) is 6.54 Å². The van der Waals surface area contributed by atoms with Gasteiger partial charge in [-0.3, -0.25) is 4.79 Å². The first-order valence-electron chi connectivity index (χ1n) is 6.22. The molecule has 0 fully saturated rings. The Kier molecular flexibility index (Phi) is 5.65. The van der Waals surface area contributed by atoms with Gasteiger partial charge in [-0.1, -0.05) is 26.0 Å². The maximum Gasteiger partial charge on any atom is 0.255 e. The van der Waals surface area contributed by atoms with Crippen molar-refractivity contribution in [3.63, 3.8) is 0 Å². The molecule has 1 aromatic carbocycles. The minimum absolute atomic E-state index is 0.0814. The number of nitrogens with two attached hydrogens (primary N) is 1. The Labute approximate surface area is 109 Å². The van der Waals surface area contributed by atoms with Crippen molar-refractivity contribution in [2.45, 2.75) is 33.4 Å². The molecular weight excluding hydrogens is 228 g/mol. The molecule has 4 nitrogen and oxygen atoms in total. The second-order valence-corrected chi connectivity index (χ2v) is 4.81. The smallest absolute Gasteiger partial charge is 0.255 e. The van der Waals surface area contributed by atoms with E-state index in [-0.39, 0.29) is 6.61 Å². The number of hydrogen-bond acceptors (Lipinski definition) is 3. The molecule has 0 spiro atoms. The highest BCUT2D eigenvalue weighted by molar-refractivity contribution is 5.75. The average molecular weight is 250 g/mol. The number of amides is 1. The van der Waals surface area contributed by atoms with Crippen molar-refractivity contribution >= 4 is 5.91 Å². The zero-order chi connectivity index (χ0) is 13.5. The van der Waals surface area contributed by atoms with Gasteiger partial charge in [0.15, 0.2) is 6.61 Å². The molecule has 1 atom stereocenters. The summed E-state index contributed by atoms with van der Waals surface area (Å²) in [5.74, 6) is 0.809. The molecule has 0 saturated heterocycles. The van der Waals surface area contributed by atoms with Crippen LogP contribution >= 0.6 is 0 Å². The monoisotopic (exact) mass is 250 g/mol. The van der Waals surface area contributed by atoms with Gasteiger partial charge in [0.1, 0.15) is 5.75 Å². The molecule has 0 aromatic heterocycles. The Morgan fingerprint density at radius 2 is 1.89 bits per heavy atom. The van der Waals surface area contributed by atoms with E-state index in [1.54, 1.807) is 0 Å². The molecule has 0 radical (unpaired) electrons. The van der Waals surface area contributed by atoms with Gasteiger partial charge >= 0.3 is 0 Å². The minimum atomic E-state index is -0.466. The van der Waals surface area contributed by atoms with Gasteiger partial charge in [0, 0.05) is 12.6 Å². The molecule has 1 rings (SSSR count). The van der Waals surface area contributed by atoms with Crippen LogP contribution in [0, 0.1) is 5.92 Å². The fourth-order valence-corrected chi connectivity index (χ4v) is 1.37. The van der Waals surface area contributed by atoms with E-state index >= 15 is 0 Å². The van der Waals surface area contributed by atoms with Gasteiger partial charge in [0.05, 0.1) is 0 Å². The fourth-order valence-electron chi connectivity index (χ4n) is 1.37. The lowest BCUT2D eigenvalue weighted by Crippen LogP contribution is -2.30. The molecule has 0 bridgehead atoms. The Morgan fingerprint density at radius 1 is 1.28 bits per heavy atom. The molecule has 1 amide bonds. The normalized spacial score (nSPS) is 12.4. The van der Waals surface area contributed by atoms with E-state index in [0.29, 0.717) is 17.7 Å². The topological polar surface area (TPSA) is 64.3 Å².